The van der Waals surface area contributed by atoms with E-state index in [-0.39, 0.29) is 19.0 Å². The van der Waals surface area contributed by atoms with Gasteiger partial charge in [-0.05, 0) is 0 Å². The minimum atomic E-state index is -2.43. The Bertz CT molecular complexity index is 101. The van der Waals surface area contributed by atoms with Crippen molar-refractivity contribution in [2.45, 2.75) is 6.43 Å². The van der Waals surface area contributed by atoms with Crippen LogP contribution in [0.4, 0.5) is 8.78 Å². The molecule has 0 rings (SSSR count). The first-order valence-electron chi connectivity index (χ1n) is 2.40. The number of carbonyl (C=O) groups is 1. The molecule has 0 saturated heterocycles. The maximum absolute atomic E-state index is 11.3. The summed E-state index contributed by atoms with van der Waals surface area (Å²) in [7, 11) is 0. The summed E-state index contributed by atoms with van der Waals surface area (Å²) in [5.74, 6) is -0.629. The van der Waals surface area contributed by atoms with Crippen LogP contribution in [-0.2, 0) is 4.79 Å². The zero-order valence-corrected chi connectivity index (χ0v) is 5.96. The Balaban J connectivity index is 0. The normalized spacial score (nSPS) is 9.10. The van der Waals surface area contributed by atoms with Crippen molar-refractivity contribution in [1.82, 2.24) is 5.32 Å². The molecule has 0 unspecified atom stereocenters. The molecule has 0 aliphatic heterocycles. The van der Waals surface area contributed by atoms with Crippen LogP contribution in [-0.4, -0.2) is 25.4 Å². The maximum Gasteiger partial charge on any atom is 0.250 e. The molecule has 0 aromatic carbocycles. The highest BCUT2D eigenvalue weighted by atomic mass is 35.5. The molecule has 0 bridgehead atoms. The number of primary amides is 1. The van der Waals surface area contributed by atoms with Crippen LogP contribution in [0, 0.1) is 0 Å². The summed E-state index contributed by atoms with van der Waals surface area (Å²) in [5.41, 5.74) is 4.63. The standard InChI is InChI=1S/C4H8F2N2O.ClH/c5-3(6)1-8-2-4(7)9;/h3,8H,1-2H2,(H2,7,9);1H. The molecule has 3 N–H and O–H groups in total. The van der Waals surface area contributed by atoms with Crippen molar-refractivity contribution in [3.63, 3.8) is 0 Å². The lowest BCUT2D eigenvalue weighted by molar-refractivity contribution is -0.117. The lowest BCUT2D eigenvalue weighted by Gasteiger charge is -1.98. The molecule has 0 heterocycles. The van der Waals surface area contributed by atoms with Gasteiger partial charge in [0.1, 0.15) is 0 Å². The fourth-order valence-electron chi connectivity index (χ4n) is 0.304. The number of hydrogen-bond donors (Lipinski definition) is 2. The number of nitrogens with one attached hydrogen (secondary N) is 1. The van der Waals surface area contributed by atoms with Crippen LogP contribution >= 0.6 is 12.4 Å². The number of halogens is 3. The molecule has 6 heteroatoms. The topological polar surface area (TPSA) is 55.1 Å². The molecular weight excluding hydrogens is 166 g/mol. The molecule has 0 aromatic rings. The van der Waals surface area contributed by atoms with Crippen LogP contribution in [0.3, 0.4) is 0 Å². The molecular formula is C4H9ClF2N2O. The van der Waals surface area contributed by atoms with Gasteiger partial charge in [0.2, 0.25) is 5.91 Å². The number of hydrogen-bond acceptors (Lipinski definition) is 2. The van der Waals surface area contributed by atoms with Crippen molar-refractivity contribution in [1.29, 1.82) is 0 Å². The van der Waals surface area contributed by atoms with E-state index in [2.05, 4.69) is 11.1 Å². The van der Waals surface area contributed by atoms with E-state index in [1.807, 2.05) is 0 Å². The average Bonchev–Trinajstić information content (AvgIpc) is 1.63. The Hall–Kier alpha value is -0.420. The Morgan fingerprint density at radius 3 is 2.40 bits per heavy atom. The molecule has 0 radical (unpaired) electrons. The zero-order valence-electron chi connectivity index (χ0n) is 5.14. The molecule has 10 heavy (non-hydrogen) atoms. The van der Waals surface area contributed by atoms with Gasteiger partial charge in [-0.1, -0.05) is 0 Å². The fourth-order valence-corrected chi connectivity index (χ4v) is 0.304. The van der Waals surface area contributed by atoms with Crippen molar-refractivity contribution < 1.29 is 13.6 Å². The SMILES string of the molecule is Cl.NC(=O)CNCC(F)F. The summed E-state index contributed by atoms with van der Waals surface area (Å²) < 4.78 is 22.5. The second-order valence-corrected chi connectivity index (χ2v) is 1.49. The van der Waals surface area contributed by atoms with Gasteiger partial charge in [0.05, 0.1) is 13.1 Å². The van der Waals surface area contributed by atoms with E-state index in [0.29, 0.717) is 0 Å². The van der Waals surface area contributed by atoms with Gasteiger partial charge in [0.15, 0.2) is 0 Å². The number of rotatable bonds is 4. The molecule has 0 aliphatic rings. The number of nitrogens with two attached hydrogens (primary N) is 1. The maximum atomic E-state index is 11.3. The lowest BCUT2D eigenvalue weighted by atomic mass is 10.6. The summed E-state index contributed by atoms with van der Waals surface area (Å²) >= 11 is 0. The van der Waals surface area contributed by atoms with Crippen LogP contribution < -0.4 is 11.1 Å². The van der Waals surface area contributed by atoms with Gasteiger partial charge in [-0.15, -0.1) is 12.4 Å². The molecule has 0 aliphatic carbocycles. The fraction of sp³-hybridized carbons (Fsp3) is 0.750. The van der Waals surface area contributed by atoms with Crippen molar-refractivity contribution >= 4 is 18.3 Å². The highest BCUT2D eigenvalue weighted by molar-refractivity contribution is 5.85. The van der Waals surface area contributed by atoms with E-state index in [9.17, 15) is 13.6 Å². The molecule has 0 atom stereocenters. The third-order valence-electron chi connectivity index (χ3n) is 0.598. The van der Waals surface area contributed by atoms with Gasteiger partial charge in [0, 0.05) is 0 Å². The smallest absolute Gasteiger partial charge is 0.250 e. The van der Waals surface area contributed by atoms with Gasteiger partial charge in [-0.25, -0.2) is 8.78 Å². The lowest BCUT2D eigenvalue weighted by Crippen LogP contribution is -2.31. The summed E-state index contributed by atoms with van der Waals surface area (Å²) in [5, 5.41) is 2.16. The van der Waals surface area contributed by atoms with E-state index in [0.717, 1.165) is 0 Å². The highest BCUT2D eigenvalue weighted by Gasteiger charge is 2.00. The third-order valence-corrected chi connectivity index (χ3v) is 0.598. The van der Waals surface area contributed by atoms with Gasteiger partial charge < -0.3 is 11.1 Å². The summed E-state index contributed by atoms with van der Waals surface area (Å²) in [6.45, 7) is -0.673. The van der Waals surface area contributed by atoms with Gasteiger partial charge in [-0.2, -0.15) is 0 Å². The summed E-state index contributed by atoms with van der Waals surface area (Å²) in [4.78, 5) is 9.90. The zero-order chi connectivity index (χ0) is 7.28. The Morgan fingerprint density at radius 1 is 1.60 bits per heavy atom. The van der Waals surface area contributed by atoms with Gasteiger partial charge >= 0.3 is 0 Å². The average molecular weight is 175 g/mol. The summed E-state index contributed by atoms with van der Waals surface area (Å²) in [6, 6.07) is 0. The largest absolute Gasteiger partial charge is 0.369 e. The third kappa shape index (κ3) is 10.5. The predicted octanol–water partition coefficient (Wildman–Crippen LogP) is -0.252. The van der Waals surface area contributed by atoms with E-state index in [1.54, 1.807) is 0 Å². The van der Waals surface area contributed by atoms with Crippen molar-refractivity contribution in [3.8, 4) is 0 Å². The van der Waals surface area contributed by atoms with Crippen LogP contribution in [0.15, 0.2) is 0 Å². The van der Waals surface area contributed by atoms with Crippen LogP contribution in [0.25, 0.3) is 0 Å². The first-order chi connectivity index (χ1) is 4.13. The molecule has 3 nitrogen and oxygen atoms in total. The molecule has 62 valence electrons. The van der Waals surface area contributed by atoms with E-state index < -0.39 is 18.9 Å². The first kappa shape index (κ1) is 12.3. The quantitative estimate of drug-likeness (QED) is 0.618. The van der Waals surface area contributed by atoms with Gasteiger partial charge in [0.25, 0.3) is 6.43 Å². The predicted molar refractivity (Wildman–Crippen MR) is 35.3 cm³/mol. The van der Waals surface area contributed by atoms with E-state index in [4.69, 9.17) is 0 Å². The van der Waals surface area contributed by atoms with Gasteiger partial charge in [-0.3, -0.25) is 4.79 Å². The second-order valence-electron chi connectivity index (χ2n) is 1.49. The molecule has 0 saturated carbocycles. The Morgan fingerprint density at radius 2 is 2.10 bits per heavy atom. The highest BCUT2D eigenvalue weighted by Crippen LogP contribution is 1.86. The minimum absolute atomic E-state index is 0. The van der Waals surface area contributed by atoms with Crippen LogP contribution in [0.1, 0.15) is 0 Å². The summed E-state index contributed by atoms with van der Waals surface area (Å²) in [6.07, 6.45) is -2.43. The number of carbonyl (C=O) groups excluding carboxylic acids is 1. The molecule has 0 spiro atoms. The van der Waals surface area contributed by atoms with Crippen LogP contribution in [0.2, 0.25) is 0 Å². The first-order valence-corrected chi connectivity index (χ1v) is 2.40. The van der Waals surface area contributed by atoms with Crippen molar-refractivity contribution in [2.75, 3.05) is 13.1 Å². The molecule has 1 amide bonds. The number of amides is 1. The second kappa shape index (κ2) is 6.70. The molecule has 0 aromatic heterocycles. The van der Waals surface area contributed by atoms with Crippen LogP contribution in [0.5, 0.6) is 0 Å². The minimum Gasteiger partial charge on any atom is -0.369 e. The van der Waals surface area contributed by atoms with E-state index in [1.165, 1.54) is 0 Å². The van der Waals surface area contributed by atoms with E-state index >= 15 is 0 Å². The molecule has 0 fully saturated rings. The monoisotopic (exact) mass is 174 g/mol. The Kier molecular flexibility index (Phi) is 8.22. The van der Waals surface area contributed by atoms with Crippen molar-refractivity contribution in [3.05, 3.63) is 0 Å². The Labute approximate surface area is 63.4 Å². The van der Waals surface area contributed by atoms with Crippen molar-refractivity contribution in [2.24, 2.45) is 5.73 Å². The number of alkyl halides is 2.